The number of H-pyrrole nitrogens is 1. The molecule has 2 aromatic carbocycles. The average Bonchev–Trinajstić information content (AvgIpc) is 3.15. The van der Waals surface area contributed by atoms with Gasteiger partial charge in [0.25, 0.3) is 5.56 Å². The number of hydrogen-bond donors (Lipinski definition) is 3. The molecule has 1 aromatic heterocycles. The summed E-state index contributed by atoms with van der Waals surface area (Å²) in [5.41, 5.74) is -0.969. The highest BCUT2D eigenvalue weighted by atomic mass is 19.1. The van der Waals surface area contributed by atoms with E-state index in [4.69, 9.17) is 9.47 Å². The van der Waals surface area contributed by atoms with Crippen LogP contribution in [0.25, 0.3) is 0 Å². The highest BCUT2D eigenvalue weighted by Gasteiger charge is 2.46. The van der Waals surface area contributed by atoms with Gasteiger partial charge in [-0.25, -0.2) is 18.0 Å². The maximum absolute atomic E-state index is 15.0. The lowest BCUT2D eigenvalue weighted by Crippen LogP contribution is -2.41. The molecule has 12 heteroatoms. The Morgan fingerprint density at radius 2 is 1.73 bits per heavy atom. The predicted octanol–water partition coefficient (Wildman–Crippen LogP) is 2.03. The van der Waals surface area contributed by atoms with Gasteiger partial charge in [-0.15, -0.1) is 0 Å². The van der Waals surface area contributed by atoms with E-state index in [0.29, 0.717) is 0 Å². The number of aliphatic hydroxyl groups excluding tert-OH is 1. The van der Waals surface area contributed by atoms with E-state index in [1.54, 1.807) is 6.92 Å². The van der Waals surface area contributed by atoms with E-state index in [-0.39, 0.29) is 41.2 Å². The third-order valence-electron chi connectivity index (χ3n) is 6.55. The van der Waals surface area contributed by atoms with Crippen molar-refractivity contribution < 1.29 is 32.5 Å². The van der Waals surface area contributed by atoms with Crippen molar-refractivity contribution in [1.29, 1.82) is 0 Å². The van der Waals surface area contributed by atoms with E-state index in [1.165, 1.54) is 30.5 Å². The van der Waals surface area contributed by atoms with Gasteiger partial charge in [0.2, 0.25) is 5.91 Å². The highest BCUT2D eigenvalue weighted by molar-refractivity contribution is 5.89. The van der Waals surface area contributed by atoms with Gasteiger partial charge in [0.05, 0.1) is 5.92 Å². The molecule has 1 amide bonds. The number of aliphatic hydroxyl groups is 1. The number of carbonyl (C=O) groups is 1. The van der Waals surface area contributed by atoms with Crippen LogP contribution in [0.2, 0.25) is 0 Å². The van der Waals surface area contributed by atoms with Crippen LogP contribution in [0.3, 0.4) is 0 Å². The monoisotopic (exact) mass is 517 g/mol. The van der Waals surface area contributed by atoms with Gasteiger partial charge in [-0.2, -0.15) is 0 Å². The Bertz CT molecular complexity index is 1440. The summed E-state index contributed by atoms with van der Waals surface area (Å²) in [4.78, 5) is 39.5. The highest BCUT2D eigenvalue weighted by Crippen LogP contribution is 2.46. The number of carbonyl (C=O) groups excluding carboxylic acids is 1. The number of aryl methyl sites for hydroxylation is 1. The van der Waals surface area contributed by atoms with E-state index in [0.717, 1.165) is 16.7 Å². The molecular weight excluding hydrogens is 495 g/mol. The molecule has 4 atom stereocenters. The molecule has 3 aromatic rings. The number of rotatable bonds is 5. The van der Waals surface area contributed by atoms with Crippen molar-refractivity contribution in [3.05, 3.63) is 91.8 Å². The standard InChI is InChI=1S/C25H22F3N3O6/c1-2-11-10-31(25(35)30-22(11)33)24-18(28)19(32)16(36-24)9-29-23(34)17-12-5-3-7-14(26)20(12)37-21-13(17)6-4-8-15(21)27/h3-8,10,16-19,24,32H,2,9H2,1H3,(H,29,34)(H,30,33,35)/t16-,18-,19-,24-/m1/s1. The molecule has 0 bridgehead atoms. The first kappa shape index (κ1) is 24.8. The number of halogens is 3. The smallest absolute Gasteiger partial charge is 0.330 e. The lowest BCUT2D eigenvalue weighted by molar-refractivity contribution is -0.123. The van der Waals surface area contributed by atoms with Crippen LogP contribution in [0, 0.1) is 11.6 Å². The Kier molecular flexibility index (Phi) is 6.38. The molecule has 9 nitrogen and oxygen atoms in total. The number of fused-ring (bicyclic) bond motifs is 2. The van der Waals surface area contributed by atoms with E-state index < -0.39 is 59.3 Å². The Hall–Kier alpha value is -3.90. The number of hydrogen-bond acceptors (Lipinski definition) is 6. The third kappa shape index (κ3) is 4.21. The molecule has 2 aliphatic heterocycles. The fourth-order valence-electron chi connectivity index (χ4n) is 4.64. The van der Waals surface area contributed by atoms with Gasteiger partial charge < -0.3 is 19.9 Å². The lowest BCUT2D eigenvalue weighted by atomic mass is 9.87. The summed E-state index contributed by atoms with van der Waals surface area (Å²) in [7, 11) is 0. The second kappa shape index (κ2) is 9.52. The Labute approximate surface area is 207 Å². The summed E-state index contributed by atoms with van der Waals surface area (Å²) in [6.45, 7) is 1.31. The maximum Gasteiger partial charge on any atom is 0.330 e. The number of para-hydroxylation sites is 2. The molecule has 37 heavy (non-hydrogen) atoms. The molecule has 0 aliphatic carbocycles. The number of aromatic amines is 1. The lowest BCUT2D eigenvalue weighted by Gasteiger charge is -2.28. The van der Waals surface area contributed by atoms with Crippen molar-refractivity contribution in [2.45, 2.75) is 43.9 Å². The van der Waals surface area contributed by atoms with Gasteiger partial charge in [-0.05, 0) is 18.6 Å². The zero-order chi connectivity index (χ0) is 26.4. The first-order chi connectivity index (χ1) is 17.7. The summed E-state index contributed by atoms with van der Waals surface area (Å²) >= 11 is 0. The van der Waals surface area contributed by atoms with Gasteiger partial charge >= 0.3 is 5.69 Å². The summed E-state index contributed by atoms with van der Waals surface area (Å²) in [5.74, 6) is -3.98. The van der Waals surface area contributed by atoms with Crippen molar-refractivity contribution in [3.8, 4) is 11.5 Å². The van der Waals surface area contributed by atoms with Crippen LogP contribution < -0.4 is 21.3 Å². The molecule has 2 aliphatic rings. The van der Waals surface area contributed by atoms with Crippen molar-refractivity contribution in [2.75, 3.05) is 6.54 Å². The number of nitrogens with one attached hydrogen (secondary N) is 2. The molecule has 0 unspecified atom stereocenters. The molecule has 5 rings (SSSR count). The molecule has 0 radical (unpaired) electrons. The second-order valence-electron chi connectivity index (χ2n) is 8.77. The zero-order valence-electron chi connectivity index (χ0n) is 19.4. The zero-order valence-corrected chi connectivity index (χ0v) is 19.4. The minimum atomic E-state index is -2.04. The summed E-state index contributed by atoms with van der Waals surface area (Å²) < 4.78 is 55.7. The Morgan fingerprint density at radius 1 is 1.11 bits per heavy atom. The Morgan fingerprint density at radius 3 is 2.32 bits per heavy atom. The van der Waals surface area contributed by atoms with Crippen LogP contribution in [-0.2, 0) is 16.0 Å². The minimum Gasteiger partial charge on any atom is -0.451 e. The third-order valence-corrected chi connectivity index (χ3v) is 6.55. The number of amides is 1. The molecule has 194 valence electrons. The SMILES string of the molecule is CCc1cn([C@@H]2O[C@H](CNC(=O)C3c4cccc(F)c4Oc4c(F)cccc43)[C@@H](O)[C@H]2F)c(=O)[nH]c1=O. The normalized spacial score (nSPS) is 22.7. The van der Waals surface area contributed by atoms with Crippen molar-refractivity contribution in [3.63, 3.8) is 0 Å². The van der Waals surface area contributed by atoms with Gasteiger partial charge in [0.15, 0.2) is 35.5 Å². The number of aromatic nitrogens is 2. The summed E-state index contributed by atoms with van der Waals surface area (Å²) in [6, 6.07) is 7.95. The van der Waals surface area contributed by atoms with Gasteiger partial charge in [0.1, 0.15) is 12.2 Å². The molecule has 3 N–H and O–H groups in total. The number of benzene rings is 2. The topological polar surface area (TPSA) is 123 Å². The molecule has 0 spiro atoms. The second-order valence-corrected chi connectivity index (χ2v) is 8.77. The van der Waals surface area contributed by atoms with E-state index in [2.05, 4.69) is 10.3 Å². The summed E-state index contributed by atoms with van der Waals surface area (Å²) in [5, 5.41) is 13.0. The van der Waals surface area contributed by atoms with Crippen LogP contribution >= 0.6 is 0 Å². The fraction of sp³-hybridized carbons (Fsp3) is 0.320. The number of alkyl halides is 1. The van der Waals surface area contributed by atoms with Gasteiger partial charge in [0, 0.05) is 29.4 Å². The minimum absolute atomic E-state index is 0.164. The van der Waals surface area contributed by atoms with Gasteiger partial charge in [-0.1, -0.05) is 31.2 Å². The van der Waals surface area contributed by atoms with Crippen LogP contribution in [-0.4, -0.2) is 45.5 Å². The molecule has 0 saturated carbocycles. The molecule has 1 fully saturated rings. The van der Waals surface area contributed by atoms with E-state index in [1.807, 2.05) is 0 Å². The summed E-state index contributed by atoms with van der Waals surface area (Å²) in [6.07, 6.45) is -5.10. The molecule has 1 saturated heterocycles. The van der Waals surface area contributed by atoms with Crippen LogP contribution in [0.15, 0.2) is 52.2 Å². The predicted molar refractivity (Wildman–Crippen MR) is 123 cm³/mol. The average molecular weight is 517 g/mol. The van der Waals surface area contributed by atoms with Crippen LogP contribution in [0.5, 0.6) is 11.5 Å². The largest absolute Gasteiger partial charge is 0.451 e. The number of ether oxygens (including phenoxy) is 2. The quantitative estimate of drug-likeness (QED) is 0.476. The maximum atomic E-state index is 15.0. The molecular formula is C25H22F3N3O6. The van der Waals surface area contributed by atoms with Gasteiger partial charge in [-0.3, -0.25) is 19.1 Å². The first-order valence-corrected chi connectivity index (χ1v) is 11.6. The van der Waals surface area contributed by atoms with Crippen molar-refractivity contribution >= 4 is 5.91 Å². The van der Waals surface area contributed by atoms with E-state index in [9.17, 15) is 32.7 Å². The van der Waals surface area contributed by atoms with Crippen molar-refractivity contribution in [1.82, 2.24) is 14.9 Å². The van der Waals surface area contributed by atoms with E-state index >= 15 is 0 Å². The van der Waals surface area contributed by atoms with Crippen molar-refractivity contribution in [2.24, 2.45) is 0 Å². The first-order valence-electron chi connectivity index (χ1n) is 11.6. The fourth-order valence-corrected chi connectivity index (χ4v) is 4.64. The van der Waals surface area contributed by atoms with Crippen LogP contribution in [0.4, 0.5) is 13.2 Å². The molecule has 3 heterocycles. The van der Waals surface area contributed by atoms with Crippen LogP contribution in [0.1, 0.15) is 35.8 Å². The number of nitrogens with zero attached hydrogens (tertiary/aromatic N) is 1. The Balaban J connectivity index is 1.39.